The second kappa shape index (κ2) is 14.8. The van der Waals surface area contributed by atoms with Crippen molar-refractivity contribution in [2.24, 2.45) is 5.92 Å². The fourth-order valence-electron chi connectivity index (χ4n) is 6.07. The van der Waals surface area contributed by atoms with Gasteiger partial charge in [-0.25, -0.2) is 4.98 Å². The number of rotatable bonds is 13. The van der Waals surface area contributed by atoms with Gasteiger partial charge in [-0.05, 0) is 15.4 Å². The number of imidazole rings is 1. The molecule has 14 heteroatoms. The maximum absolute atomic E-state index is 13.0. The molecule has 48 heavy (non-hydrogen) atoms. The van der Waals surface area contributed by atoms with Crippen molar-refractivity contribution in [2.75, 3.05) is 39.2 Å². The van der Waals surface area contributed by atoms with Gasteiger partial charge in [-0.3, -0.25) is 29.3 Å². The van der Waals surface area contributed by atoms with E-state index in [2.05, 4.69) is 65.3 Å². The summed E-state index contributed by atoms with van der Waals surface area (Å²) >= 11 is 0. The maximum atomic E-state index is 13.0. The Balaban J connectivity index is 1.51. The Morgan fingerprint density at radius 1 is 1.08 bits per heavy atom. The number of ether oxygens (including phenoxy) is 2. The first kappa shape index (κ1) is 35.5. The van der Waals surface area contributed by atoms with Crippen LogP contribution in [0.4, 0.5) is 5.95 Å². The number of aliphatic hydroxyl groups excluding tert-OH is 1. The summed E-state index contributed by atoms with van der Waals surface area (Å²) in [5.41, 5.74) is -0.307. The van der Waals surface area contributed by atoms with Gasteiger partial charge in [0.25, 0.3) is 13.9 Å². The molecule has 0 saturated carbocycles. The number of carbonyl (C=O) groups is 1. The monoisotopic (exact) mass is 678 g/mol. The lowest BCUT2D eigenvalue weighted by Gasteiger charge is -2.43. The van der Waals surface area contributed by atoms with Gasteiger partial charge >= 0.3 is 0 Å². The lowest BCUT2D eigenvalue weighted by Crippen LogP contribution is -2.67. The number of nitrogens with zero attached hydrogens (tertiary/aromatic N) is 4. The standard InChI is InChI=1S/C34H46N6O7Si/c1-22(2)30(42)37-33-36-29-26(31(43)38-33)35-21-40(29)32-28(44-18-19-45-39(6)7)27(41)25(47-32)20-46-48(34(3,4)5,23-14-10-8-11-15-23)24-16-12-9-13-17-24/h8-17,21-22,25,27-28,32,41H,18-20H2,1-7H3,(H2,36,37,38,42,43)/t25-,27-,28-,32-/m1/s1. The van der Waals surface area contributed by atoms with E-state index in [-0.39, 0.29) is 53.8 Å². The van der Waals surface area contributed by atoms with Crippen molar-refractivity contribution < 1.29 is 28.6 Å². The fraction of sp³-hybridized carbons (Fsp3) is 0.471. The van der Waals surface area contributed by atoms with Gasteiger partial charge in [0.05, 0.1) is 26.1 Å². The van der Waals surface area contributed by atoms with Gasteiger partial charge in [-0.1, -0.05) is 95.3 Å². The number of amides is 1. The summed E-state index contributed by atoms with van der Waals surface area (Å²) in [6.07, 6.45) is -2.32. The van der Waals surface area contributed by atoms with Crippen LogP contribution in [0.2, 0.25) is 5.04 Å². The Morgan fingerprint density at radius 2 is 1.71 bits per heavy atom. The zero-order valence-electron chi connectivity index (χ0n) is 28.5. The minimum absolute atomic E-state index is 0.0186. The number of nitrogens with one attached hydrogen (secondary N) is 2. The number of benzene rings is 2. The van der Waals surface area contributed by atoms with E-state index in [1.807, 2.05) is 36.4 Å². The summed E-state index contributed by atoms with van der Waals surface area (Å²) in [5.74, 6) is -0.656. The van der Waals surface area contributed by atoms with Crippen molar-refractivity contribution >= 4 is 41.7 Å². The van der Waals surface area contributed by atoms with Crippen LogP contribution in [0, 0.1) is 5.92 Å². The Kier molecular flexibility index (Phi) is 10.9. The number of aromatic amines is 1. The number of H-pyrrole nitrogens is 1. The molecule has 5 rings (SSSR count). The van der Waals surface area contributed by atoms with Crippen LogP contribution in [-0.2, 0) is 23.5 Å². The van der Waals surface area contributed by atoms with Crippen LogP contribution in [0.5, 0.6) is 0 Å². The summed E-state index contributed by atoms with van der Waals surface area (Å²) in [4.78, 5) is 42.3. The number of aliphatic hydroxyl groups is 1. The Labute approximate surface area is 281 Å². The second-order valence-electron chi connectivity index (χ2n) is 13.4. The Morgan fingerprint density at radius 3 is 2.27 bits per heavy atom. The first-order valence-electron chi connectivity index (χ1n) is 16.1. The Hall–Kier alpha value is -3.76. The van der Waals surface area contributed by atoms with Crippen LogP contribution in [0.1, 0.15) is 40.8 Å². The number of anilines is 1. The van der Waals surface area contributed by atoms with Crippen molar-refractivity contribution in [1.29, 1.82) is 0 Å². The first-order valence-corrected chi connectivity index (χ1v) is 18.0. The van der Waals surface area contributed by atoms with Crippen LogP contribution in [0.3, 0.4) is 0 Å². The van der Waals surface area contributed by atoms with Gasteiger partial charge in [-0.2, -0.15) is 10.0 Å². The summed E-state index contributed by atoms with van der Waals surface area (Å²) in [7, 11) is 0.579. The van der Waals surface area contributed by atoms with Crippen molar-refractivity contribution in [2.45, 2.75) is 64.2 Å². The van der Waals surface area contributed by atoms with Gasteiger partial charge in [0.15, 0.2) is 17.4 Å². The van der Waals surface area contributed by atoms with Crippen molar-refractivity contribution in [3.05, 3.63) is 77.3 Å². The number of carbonyl (C=O) groups excluding carboxylic acids is 1. The Bertz CT molecular complexity index is 1690. The maximum Gasteiger partial charge on any atom is 0.280 e. The predicted molar refractivity (Wildman–Crippen MR) is 184 cm³/mol. The molecular weight excluding hydrogens is 632 g/mol. The molecule has 1 saturated heterocycles. The molecule has 2 aromatic carbocycles. The highest BCUT2D eigenvalue weighted by atomic mass is 28.4. The average Bonchev–Trinajstić information content (AvgIpc) is 3.60. The molecule has 1 fully saturated rings. The molecule has 4 atom stereocenters. The minimum Gasteiger partial charge on any atom is -0.405 e. The highest BCUT2D eigenvalue weighted by Gasteiger charge is 2.53. The van der Waals surface area contributed by atoms with Gasteiger partial charge in [-0.15, -0.1) is 0 Å². The summed E-state index contributed by atoms with van der Waals surface area (Å²) in [6, 6.07) is 20.5. The number of fused-ring (bicyclic) bond motifs is 1. The third-order valence-corrected chi connectivity index (χ3v) is 13.4. The molecule has 1 amide bonds. The topological polar surface area (TPSA) is 153 Å². The molecule has 0 unspecified atom stereocenters. The van der Waals surface area contributed by atoms with Crippen LogP contribution < -0.4 is 21.2 Å². The molecule has 2 aromatic heterocycles. The molecule has 1 aliphatic heterocycles. The molecule has 3 N–H and O–H groups in total. The van der Waals surface area contributed by atoms with E-state index in [9.17, 15) is 14.7 Å². The quantitative estimate of drug-likeness (QED) is 0.109. The molecule has 3 heterocycles. The fourth-order valence-corrected chi connectivity index (χ4v) is 10.6. The largest absolute Gasteiger partial charge is 0.405 e. The summed E-state index contributed by atoms with van der Waals surface area (Å²) < 4.78 is 21.4. The first-order chi connectivity index (χ1) is 22.8. The predicted octanol–water partition coefficient (Wildman–Crippen LogP) is 2.43. The summed E-state index contributed by atoms with van der Waals surface area (Å²) in [6.45, 7) is 10.5. The molecular formula is C34H46N6O7Si. The zero-order valence-corrected chi connectivity index (χ0v) is 29.5. The van der Waals surface area contributed by atoms with Gasteiger partial charge in [0.1, 0.15) is 18.3 Å². The highest BCUT2D eigenvalue weighted by molar-refractivity contribution is 6.99. The van der Waals surface area contributed by atoms with E-state index >= 15 is 0 Å². The number of hydrogen-bond acceptors (Lipinski definition) is 10. The smallest absolute Gasteiger partial charge is 0.280 e. The molecule has 0 spiro atoms. The van der Waals surface area contributed by atoms with Crippen LogP contribution in [0.15, 0.2) is 71.8 Å². The van der Waals surface area contributed by atoms with Crippen molar-refractivity contribution in [3.63, 3.8) is 0 Å². The minimum atomic E-state index is -2.96. The SMILES string of the molecule is CC(C)C(=O)Nc1nc2c(ncn2[C@@H]2O[C@H](CO[Si](c3ccccc3)(c3ccccc3)C(C)(C)C)[C@@H](O)[C@H]2OCCON(C)C)c(=O)[nH]1. The summed E-state index contributed by atoms with van der Waals surface area (Å²) in [5, 5.41) is 17.9. The number of hydroxylamine groups is 2. The molecule has 13 nitrogen and oxygen atoms in total. The van der Waals surface area contributed by atoms with E-state index in [0.717, 1.165) is 10.4 Å². The third-order valence-electron chi connectivity index (χ3n) is 8.41. The number of aromatic nitrogens is 4. The zero-order chi connectivity index (χ0) is 34.6. The van der Waals surface area contributed by atoms with Gasteiger partial charge in [0, 0.05) is 20.0 Å². The third kappa shape index (κ3) is 7.29. The van der Waals surface area contributed by atoms with E-state index in [1.54, 1.807) is 37.6 Å². The van der Waals surface area contributed by atoms with Crippen molar-refractivity contribution in [1.82, 2.24) is 24.6 Å². The molecule has 0 aliphatic carbocycles. The molecule has 0 radical (unpaired) electrons. The van der Waals surface area contributed by atoms with Crippen LogP contribution in [0.25, 0.3) is 11.2 Å². The molecule has 1 aliphatic rings. The highest BCUT2D eigenvalue weighted by Crippen LogP contribution is 2.39. The van der Waals surface area contributed by atoms with E-state index in [1.165, 1.54) is 6.33 Å². The van der Waals surface area contributed by atoms with E-state index in [0.29, 0.717) is 0 Å². The van der Waals surface area contributed by atoms with Crippen LogP contribution in [-0.4, -0.2) is 96.1 Å². The molecule has 0 bridgehead atoms. The van der Waals surface area contributed by atoms with Gasteiger partial charge in [0.2, 0.25) is 11.9 Å². The van der Waals surface area contributed by atoms with Gasteiger partial charge < -0.3 is 19.0 Å². The lowest BCUT2D eigenvalue weighted by atomic mass is 10.1. The van der Waals surface area contributed by atoms with Crippen LogP contribution >= 0.6 is 0 Å². The average molecular weight is 679 g/mol. The normalized spacial score (nSPS) is 20.2. The molecule has 258 valence electrons. The van der Waals surface area contributed by atoms with E-state index in [4.69, 9.17) is 18.7 Å². The second-order valence-corrected chi connectivity index (χ2v) is 17.7. The molecule has 4 aromatic rings. The number of hydrogen-bond donors (Lipinski definition) is 3. The van der Waals surface area contributed by atoms with Crippen molar-refractivity contribution in [3.8, 4) is 0 Å². The lowest BCUT2D eigenvalue weighted by molar-refractivity contribution is -0.150. The van der Waals surface area contributed by atoms with E-state index < -0.39 is 38.4 Å².